The molecule has 0 amide bonds. The number of halogens is 5. The lowest BCUT2D eigenvalue weighted by atomic mass is 10.2. The van der Waals surface area contributed by atoms with Crippen LogP contribution in [-0.4, -0.2) is 10.2 Å². The maximum Gasteiger partial charge on any atom is 0.416 e. The summed E-state index contributed by atoms with van der Waals surface area (Å²) in [5, 5.41) is 7.02. The summed E-state index contributed by atoms with van der Waals surface area (Å²) in [4.78, 5) is 0. The zero-order valence-corrected chi connectivity index (χ0v) is 10.6. The minimum Gasteiger partial charge on any atom is -0.454 e. The van der Waals surface area contributed by atoms with Crippen LogP contribution in [0.4, 0.5) is 13.2 Å². The summed E-state index contributed by atoms with van der Waals surface area (Å²) in [5.74, 6) is 0.292. The number of ether oxygens (including phenoxy) is 1. The molecule has 0 saturated heterocycles. The molecule has 0 aliphatic carbocycles. The first-order valence-electron chi connectivity index (χ1n) is 4.90. The summed E-state index contributed by atoms with van der Waals surface area (Å²) in [7, 11) is 0. The van der Waals surface area contributed by atoms with Gasteiger partial charge in [0.15, 0.2) is 16.1 Å². The molecule has 0 saturated carbocycles. The Morgan fingerprint density at radius 1 is 1.00 bits per heavy atom. The maximum absolute atomic E-state index is 12.4. The van der Waals surface area contributed by atoms with E-state index >= 15 is 0 Å². The molecule has 0 fully saturated rings. The van der Waals surface area contributed by atoms with Gasteiger partial charge in [-0.15, -0.1) is 10.2 Å². The maximum atomic E-state index is 12.4. The van der Waals surface area contributed by atoms with E-state index in [1.807, 2.05) is 0 Å². The predicted molar refractivity (Wildman–Crippen MR) is 63.6 cm³/mol. The molecule has 0 bridgehead atoms. The number of rotatable bonds is 2. The van der Waals surface area contributed by atoms with Crippen LogP contribution in [0.1, 0.15) is 5.56 Å². The standard InChI is InChI=1S/C11H5Cl2F3N2O/c12-9-5-8(10(13)18-17-9)19-7-3-1-6(2-4-7)11(14,15)16/h1-5H. The van der Waals surface area contributed by atoms with Gasteiger partial charge in [0.2, 0.25) is 0 Å². The Bertz CT molecular complexity index is 587. The fourth-order valence-electron chi connectivity index (χ4n) is 1.25. The summed E-state index contributed by atoms with van der Waals surface area (Å²) in [5.41, 5.74) is -0.767. The molecule has 0 spiro atoms. The summed E-state index contributed by atoms with van der Waals surface area (Å²) in [6.07, 6.45) is -4.39. The van der Waals surface area contributed by atoms with Crippen LogP contribution in [0.3, 0.4) is 0 Å². The van der Waals surface area contributed by atoms with Gasteiger partial charge in [0, 0.05) is 6.07 Å². The van der Waals surface area contributed by atoms with Gasteiger partial charge in [-0.25, -0.2) is 0 Å². The van der Waals surface area contributed by atoms with Gasteiger partial charge in [-0.1, -0.05) is 23.2 Å². The van der Waals surface area contributed by atoms with E-state index in [2.05, 4.69) is 10.2 Å². The van der Waals surface area contributed by atoms with E-state index < -0.39 is 11.7 Å². The molecular weight excluding hydrogens is 304 g/mol. The Kier molecular flexibility index (Phi) is 3.82. The Morgan fingerprint density at radius 2 is 1.63 bits per heavy atom. The quantitative estimate of drug-likeness (QED) is 0.813. The second-order valence-electron chi connectivity index (χ2n) is 3.45. The van der Waals surface area contributed by atoms with Gasteiger partial charge in [-0.05, 0) is 24.3 Å². The first-order chi connectivity index (χ1) is 8.86. The van der Waals surface area contributed by atoms with Gasteiger partial charge in [0.05, 0.1) is 5.56 Å². The van der Waals surface area contributed by atoms with Crippen LogP contribution in [0.5, 0.6) is 11.5 Å². The van der Waals surface area contributed by atoms with Crippen molar-refractivity contribution < 1.29 is 17.9 Å². The van der Waals surface area contributed by atoms with Crippen molar-refractivity contribution in [2.24, 2.45) is 0 Å². The van der Waals surface area contributed by atoms with Crippen molar-refractivity contribution >= 4 is 23.2 Å². The van der Waals surface area contributed by atoms with Gasteiger partial charge in [-0.2, -0.15) is 13.2 Å². The Hall–Kier alpha value is -1.53. The summed E-state index contributed by atoms with van der Waals surface area (Å²) < 4.78 is 42.4. The number of hydrogen-bond acceptors (Lipinski definition) is 3. The number of hydrogen-bond donors (Lipinski definition) is 0. The van der Waals surface area contributed by atoms with Crippen molar-refractivity contribution in [2.45, 2.75) is 6.18 Å². The average Bonchev–Trinajstić information content (AvgIpc) is 2.33. The largest absolute Gasteiger partial charge is 0.454 e. The van der Waals surface area contributed by atoms with E-state index in [4.69, 9.17) is 27.9 Å². The van der Waals surface area contributed by atoms with Crippen molar-refractivity contribution in [2.75, 3.05) is 0 Å². The second kappa shape index (κ2) is 5.22. The van der Waals surface area contributed by atoms with Crippen molar-refractivity contribution in [3.8, 4) is 11.5 Å². The molecule has 8 heteroatoms. The Labute approximate surface area is 115 Å². The molecule has 0 radical (unpaired) electrons. The molecule has 0 aliphatic rings. The number of alkyl halides is 3. The van der Waals surface area contributed by atoms with E-state index in [0.717, 1.165) is 12.1 Å². The number of nitrogens with zero attached hydrogens (tertiary/aromatic N) is 2. The normalized spacial score (nSPS) is 11.4. The molecule has 1 aromatic heterocycles. The molecule has 100 valence electrons. The van der Waals surface area contributed by atoms with Crippen LogP contribution in [-0.2, 0) is 6.18 Å². The monoisotopic (exact) mass is 308 g/mol. The van der Waals surface area contributed by atoms with E-state index in [9.17, 15) is 13.2 Å². The second-order valence-corrected chi connectivity index (χ2v) is 4.19. The molecular formula is C11H5Cl2F3N2O. The van der Waals surface area contributed by atoms with Crippen molar-refractivity contribution in [3.05, 3.63) is 46.2 Å². The lowest BCUT2D eigenvalue weighted by Gasteiger charge is -2.09. The smallest absolute Gasteiger partial charge is 0.416 e. The number of aromatic nitrogens is 2. The van der Waals surface area contributed by atoms with Crippen molar-refractivity contribution in [1.29, 1.82) is 0 Å². The fourth-order valence-corrected chi connectivity index (χ4v) is 1.52. The van der Waals surface area contributed by atoms with Crippen molar-refractivity contribution in [3.63, 3.8) is 0 Å². The highest BCUT2D eigenvalue weighted by Crippen LogP contribution is 2.33. The highest BCUT2D eigenvalue weighted by Gasteiger charge is 2.30. The van der Waals surface area contributed by atoms with E-state index in [0.29, 0.717) is 0 Å². The molecule has 3 nitrogen and oxygen atoms in total. The Balaban J connectivity index is 2.22. The molecule has 0 N–H and O–H groups in total. The molecule has 1 heterocycles. The third-order valence-corrected chi connectivity index (χ3v) is 2.54. The average molecular weight is 309 g/mol. The predicted octanol–water partition coefficient (Wildman–Crippen LogP) is 4.59. The highest BCUT2D eigenvalue weighted by atomic mass is 35.5. The summed E-state index contributed by atoms with van der Waals surface area (Å²) in [6, 6.07) is 5.47. The van der Waals surface area contributed by atoms with Crippen LogP contribution >= 0.6 is 23.2 Å². The number of benzene rings is 1. The molecule has 2 rings (SSSR count). The van der Waals surface area contributed by atoms with Crippen LogP contribution < -0.4 is 4.74 Å². The molecule has 0 aliphatic heterocycles. The van der Waals surface area contributed by atoms with Gasteiger partial charge >= 0.3 is 6.18 Å². The first-order valence-corrected chi connectivity index (χ1v) is 5.66. The summed E-state index contributed by atoms with van der Waals surface area (Å²) in [6.45, 7) is 0. The highest BCUT2D eigenvalue weighted by molar-refractivity contribution is 6.32. The van der Waals surface area contributed by atoms with Crippen molar-refractivity contribution in [1.82, 2.24) is 10.2 Å². The third-order valence-electron chi connectivity index (χ3n) is 2.10. The van der Waals surface area contributed by atoms with Gasteiger partial charge in [0.1, 0.15) is 5.75 Å². The molecule has 19 heavy (non-hydrogen) atoms. The van der Waals surface area contributed by atoms with Gasteiger partial charge < -0.3 is 4.74 Å². The van der Waals surface area contributed by atoms with Crippen LogP contribution in [0.15, 0.2) is 30.3 Å². The molecule has 0 atom stereocenters. The fraction of sp³-hybridized carbons (Fsp3) is 0.0909. The van der Waals surface area contributed by atoms with Crippen LogP contribution in [0.25, 0.3) is 0 Å². The van der Waals surface area contributed by atoms with Gasteiger partial charge in [0.25, 0.3) is 0 Å². The van der Waals surface area contributed by atoms with Crippen LogP contribution in [0.2, 0.25) is 10.3 Å². The van der Waals surface area contributed by atoms with E-state index in [1.54, 1.807) is 0 Å². The first kappa shape index (κ1) is 13.9. The third kappa shape index (κ3) is 3.48. The van der Waals surface area contributed by atoms with Gasteiger partial charge in [-0.3, -0.25) is 0 Å². The molecule has 0 unspecified atom stereocenters. The zero-order chi connectivity index (χ0) is 14.0. The zero-order valence-electron chi connectivity index (χ0n) is 9.08. The molecule has 2 aromatic rings. The minimum atomic E-state index is -4.39. The topological polar surface area (TPSA) is 35.0 Å². The van der Waals surface area contributed by atoms with E-state index in [1.165, 1.54) is 18.2 Å². The SMILES string of the molecule is FC(F)(F)c1ccc(Oc2cc(Cl)nnc2Cl)cc1. The lowest BCUT2D eigenvalue weighted by molar-refractivity contribution is -0.137. The van der Waals surface area contributed by atoms with Crippen LogP contribution in [0, 0.1) is 0 Å². The molecule has 1 aromatic carbocycles. The van der Waals surface area contributed by atoms with E-state index in [-0.39, 0.29) is 21.8 Å². The summed E-state index contributed by atoms with van der Waals surface area (Å²) >= 11 is 11.3. The minimum absolute atomic E-state index is 0.0377. The lowest BCUT2D eigenvalue weighted by Crippen LogP contribution is -2.04. The Morgan fingerprint density at radius 3 is 2.21 bits per heavy atom.